The van der Waals surface area contributed by atoms with Gasteiger partial charge in [0.2, 0.25) is 0 Å². The minimum Gasteiger partial charge on any atom is -0.327 e. The largest absolute Gasteiger partial charge is 0.327 e. The lowest BCUT2D eigenvalue weighted by atomic mass is 10.1. The van der Waals surface area contributed by atoms with Crippen LogP contribution in [0.4, 0.5) is 0 Å². The van der Waals surface area contributed by atoms with E-state index < -0.39 is 0 Å². The van der Waals surface area contributed by atoms with E-state index in [-0.39, 0.29) is 0 Å². The second kappa shape index (κ2) is 3.58. The molecule has 1 nitrogen and oxygen atoms in total. The Hall–Kier alpha value is -1.34. The number of rotatable bonds is 1. The van der Waals surface area contributed by atoms with E-state index in [2.05, 4.69) is 42.5 Å². The molecule has 13 heavy (non-hydrogen) atoms. The molecule has 66 valence electrons. The second-order valence-corrected chi connectivity index (χ2v) is 3.22. The zero-order chi connectivity index (χ0) is 9.10. The summed E-state index contributed by atoms with van der Waals surface area (Å²) in [5, 5.41) is 0. The Kier molecular flexibility index (Phi) is 2.28. The topological polar surface area (TPSA) is 26.0 Å². The van der Waals surface area contributed by atoms with E-state index in [1.807, 2.05) is 0 Å². The third-order valence-electron chi connectivity index (χ3n) is 2.35. The lowest BCUT2D eigenvalue weighted by Crippen LogP contribution is -2.00. The molecule has 0 saturated heterocycles. The van der Waals surface area contributed by atoms with Crippen LogP contribution in [0.25, 0.3) is 6.08 Å². The Bertz CT molecular complexity index is 361. The summed E-state index contributed by atoms with van der Waals surface area (Å²) in [6.45, 7) is 0.629. The smallest absolute Gasteiger partial charge is 0.0175 e. The third-order valence-corrected chi connectivity index (χ3v) is 2.35. The van der Waals surface area contributed by atoms with Crippen LogP contribution in [-0.4, -0.2) is 6.54 Å². The Balaban J connectivity index is 2.39. The van der Waals surface area contributed by atoms with Crippen LogP contribution in [0.2, 0.25) is 0 Å². The first-order valence-corrected chi connectivity index (χ1v) is 4.55. The van der Waals surface area contributed by atoms with Gasteiger partial charge in [0.05, 0.1) is 0 Å². The van der Waals surface area contributed by atoms with Gasteiger partial charge >= 0.3 is 0 Å². The monoisotopic (exact) mass is 171 g/mol. The molecule has 0 aliphatic heterocycles. The fraction of sp³-hybridized carbons (Fsp3) is 0.167. The van der Waals surface area contributed by atoms with Crippen LogP contribution in [0.5, 0.6) is 0 Å². The Morgan fingerprint density at radius 2 is 2.00 bits per heavy atom. The number of fused-ring (bicyclic) bond motifs is 1. The molecular formula is C12H13N. The van der Waals surface area contributed by atoms with Crippen LogP contribution in [0.3, 0.4) is 0 Å². The SMILES string of the molecule is NCC1=CCc2ccccc2C=C1. The fourth-order valence-corrected chi connectivity index (χ4v) is 1.54. The average Bonchev–Trinajstić information content (AvgIpc) is 2.39. The zero-order valence-electron chi connectivity index (χ0n) is 7.53. The average molecular weight is 171 g/mol. The number of allylic oxidation sites excluding steroid dienone is 1. The first-order valence-electron chi connectivity index (χ1n) is 4.55. The number of hydrogen-bond acceptors (Lipinski definition) is 1. The lowest BCUT2D eigenvalue weighted by Gasteiger charge is -1.99. The minimum atomic E-state index is 0.629. The molecule has 1 aromatic rings. The second-order valence-electron chi connectivity index (χ2n) is 3.22. The van der Waals surface area contributed by atoms with Crippen molar-refractivity contribution in [3.8, 4) is 0 Å². The van der Waals surface area contributed by atoms with Gasteiger partial charge in [0.25, 0.3) is 0 Å². The zero-order valence-corrected chi connectivity index (χ0v) is 7.53. The standard InChI is InChI=1S/C12H13N/c13-9-10-5-7-11-3-1-2-4-12(11)8-6-10/h1-7H,8-9,13H2. The highest BCUT2D eigenvalue weighted by molar-refractivity contribution is 5.59. The van der Waals surface area contributed by atoms with E-state index in [0.717, 1.165) is 6.42 Å². The maximum atomic E-state index is 5.59. The molecule has 2 rings (SSSR count). The summed E-state index contributed by atoms with van der Waals surface area (Å²) in [7, 11) is 0. The molecule has 1 aromatic carbocycles. The van der Waals surface area contributed by atoms with Crippen molar-refractivity contribution in [3.63, 3.8) is 0 Å². The quantitative estimate of drug-likeness (QED) is 0.688. The van der Waals surface area contributed by atoms with Gasteiger partial charge in [0, 0.05) is 6.54 Å². The van der Waals surface area contributed by atoms with Gasteiger partial charge in [-0.15, -0.1) is 0 Å². The van der Waals surface area contributed by atoms with Crippen molar-refractivity contribution in [2.75, 3.05) is 6.54 Å². The maximum absolute atomic E-state index is 5.59. The minimum absolute atomic E-state index is 0.629. The van der Waals surface area contributed by atoms with Crippen LogP contribution >= 0.6 is 0 Å². The molecule has 0 atom stereocenters. The van der Waals surface area contributed by atoms with E-state index in [1.54, 1.807) is 0 Å². The van der Waals surface area contributed by atoms with E-state index >= 15 is 0 Å². The third kappa shape index (κ3) is 1.70. The summed E-state index contributed by atoms with van der Waals surface area (Å²) >= 11 is 0. The molecule has 0 aromatic heterocycles. The van der Waals surface area contributed by atoms with E-state index in [4.69, 9.17) is 5.73 Å². The van der Waals surface area contributed by atoms with Crippen molar-refractivity contribution in [2.45, 2.75) is 6.42 Å². The molecule has 0 radical (unpaired) electrons. The Morgan fingerprint density at radius 1 is 1.15 bits per heavy atom. The van der Waals surface area contributed by atoms with Gasteiger partial charge in [0.1, 0.15) is 0 Å². The summed E-state index contributed by atoms with van der Waals surface area (Å²) in [4.78, 5) is 0. The Labute approximate surface area is 78.6 Å². The molecule has 0 saturated carbocycles. The predicted molar refractivity (Wildman–Crippen MR) is 56.3 cm³/mol. The predicted octanol–water partition coefficient (Wildman–Crippen LogP) is 2.14. The first-order chi connectivity index (χ1) is 6.40. The van der Waals surface area contributed by atoms with E-state index in [0.29, 0.717) is 6.54 Å². The number of hydrogen-bond donors (Lipinski definition) is 1. The highest BCUT2D eigenvalue weighted by atomic mass is 14.5. The van der Waals surface area contributed by atoms with Gasteiger partial charge in [-0.3, -0.25) is 0 Å². The van der Waals surface area contributed by atoms with Gasteiger partial charge in [-0.1, -0.05) is 42.5 Å². The normalized spacial score (nSPS) is 14.7. The van der Waals surface area contributed by atoms with Crippen molar-refractivity contribution in [2.24, 2.45) is 5.73 Å². The number of nitrogens with two attached hydrogens (primary N) is 1. The van der Waals surface area contributed by atoms with Gasteiger partial charge in [0.15, 0.2) is 0 Å². The molecule has 0 heterocycles. The van der Waals surface area contributed by atoms with Gasteiger partial charge in [-0.25, -0.2) is 0 Å². The van der Waals surface area contributed by atoms with Gasteiger partial charge in [-0.2, -0.15) is 0 Å². The van der Waals surface area contributed by atoms with Crippen molar-refractivity contribution in [1.82, 2.24) is 0 Å². The van der Waals surface area contributed by atoms with Crippen LogP contribution < -0.4 is 5.73 Å². The molecule has 0 spiro atoms. The van der Waals surface area contributed by atoms with Crippen molar-refractivity contribution < 1.29 is 0 Å². The van der Waals surface area contributed by atoms with Gasteiger partial charge < -0.3 is 5.73 Å². The maximum Gasteiger partial charge on any atom is 0.0175 e. The highest BCUT2D eigenvalue weighted by Gasteiger charge is 2.01. The molecule has 2 N–H and O–H groups in total. The van der Waals surface area contributed by atoms with Crippen molar-refractivity contribution in [3.05, 3.63) is 53.1 Å². The van der Waals surface area contributed by atoms with Crippen molar-refractivity contribution in [1.29, 1.82) is 0 Å². The summed E-state index contributed by atoms with van der Waals surface area (Å²) in [5.74, 6) is 0. The van der Waals surface area contributed by atoms with E-state index in [9.17, 15) is 0 Å². The summed E-state index contributed by atoms with van der Waals surface area (Å²) < 4.78 is 0. The summed E-state index contributed by atoms with van der Waals surface area (Å²) in [5.41, 5.74) is 9.49. The molecule has 1 aliphatic rings. The van der Waals surface area contributed by atoms with Gasteiger partial charge in [-0.05, 0) is 23.1 Å². The molecule has 0 unspecified atom stereocenters. The highest BCUT2D eigenvalue weighted by Crippen LogP contribution is 2.17. The first kappa shape index (κ1) is 8.27. The van der Waals surface area contributed by atoms with E-state index in [1.165, 1.54) is 16.7 Å². The lowest BCUT2D eigenvalue weighted by molar-refractivity contribution is 1.15. The molecule has 0 amide bonds. The molecular weight excluding hydrogens is 158 g/mol. The van der Waals surface area contributed by atoms with Crippen LogP contribution in [0, 0.1) is 0 Å². The molecule has 1 aliphatic carbocycles. The molecule has 1 heteroatoms. The summed E-state index contributed by atoms with van der Waals surface area (Å²) in [6.07, 6.45) is 7.44. The summed E-state index contributed by atoms with van der Waals surface area (Å²) in [6, 6.07) is 8.44. The molecule has 0 fully saturated rings. The van der Waals surface area contributed by atoms with Crippen LogP contribution in [-0.2, 0) is 6.42 Å². The fourth-order valence-electron chi connectivity index (χ4n) is 1.54. The van der Waals surface area contributed by atoms with Crippen LogP contribution in [0.1, 0.15) is 11.1 Å². The Morgan fingerprint density at radius 3 is 2.85 bits per heavy atom. The van der Waals surface area contributed by atoms with Crippen LogP contribution in [0.15, 0.2) is 42.0 Å². The number of benzene rings is 1. The molecule has 0 bridgehead atoms. The van der Waals surface area contributed by atoms with Crippen molar-refractivity contribution >= 4 is 6.08 Å².